The lowest BCUT2D eigenvalue weighted by Gasteiger charge is -2.22. The number of rotatable bonds is 5. The molecule has 3 heterocycles. The van der Waals surface area contributed by atoms with Gasteiger partial charge in [0.15, 0.2) is 5.11 Å². The average molecular weight is 479 g/mol. The molecule has 0 amide bonds. The number of aromatic nitrogens is 2. The van der Waals surface area contributed by atoms with Gasteiger partial charge in [-0.3, -0.25) is 0 Å². The predicted molar refractivity (Wildman–Crippen MR) is 144 cm³/mol. The van der Waals surface area contributed by atoms with Crippen molar-refractivity contribution in [3.63, 3.8) is 0 Å². The Bertz CT molecular complexity index is 1250. The molecule has 2 aliphatic heterocycles. The van der Waals surface area contributed by atoms with Crippen LogP contribution in [0.1, 0.15) is 27.8 Å². The zero-order valence-electron chi connectivity index (χ0n) is 19.3. The Kier molecular flexibility index (Phi) is 5.76. The summed E-state index contributed by atoms with van der Waals surface area (Å²) in [5.74, 6) is 2.31. The minimum absolute atomic E-state index is 0.506. The Balaban J connectivity index is 1.25. The number of hydrogen-bond donors (Lipinski definition) is 2. The van der Waals surface area contributed by atoms with Gasteiger partial charge in [-0.1, -0.05) is 78.9 Å². The first-order valence-corrected chi connectivity index (χ1v) is 12.2. The van der Waals surface area contributed by atoms with Crippen LogP contribution >= 0.6 is 12.2 Å². The van der Waals surface area contributed by atoms with Gasteiger partial charge < -0.3 is 20.4 Å². The van der Waals surface area contributed by atoms with Gasteiger partial charge in [-0.2, -0.15) is 9.97 Å². The van der Waals surface area contributed by atoms with Crippen LogP contribution in [0.5, 0.6) is 0 Å². The molecule has 2 aliphatic rings. The van der Waals surface area contributed by atoms with Gasteiger partial charge in [-0.15, -0.1) is 0 Å². The molecule has 2 N–H and O–H groups in total. The topological polar surface area (TPSA) is 56.3 Å². The van der Waals surface area contributed by atoms with Crippen LogP contribution < -0.4 is 20.4 Å². The van der Waals surface area contributed by atoms with E-state index in [4.69, 9.17) is 22.2 Å². The maximum absolute atomic E-state index is 5.58. The summed E-state index contributed by atoms with van der Waals surface area (Å²) in [5, 5.41) is 7.00. The van der Waals surface area contributed by atoms with Gasteiger partial charge >= 0.3 is 0 Å². The third kappa shape index (κ3) is 4.68. The molecule has 6 rings (SSSR count). The molecule has 4 aromatic rings. The Morgan fingerprint density at radius 1 is 0.686 bits per heavy atom. The monoisotopic (exact) mass is 478 g/mol. The van der Waals surface area contributed by atoms with E-state index in [1.165, 1.54) is 22.3 Å². The van der Waals surface area contributed by atoms with Gasteiger partial charge in [0.2, 0.25) is 5.95 Å². The molecule has 0 fully saturated rings. The fraction of sp³-hybridized carbons (Fsp3) is 0.179. The SMILES string of the molecule is S=C(NCc1ccccc1)Nc1nc(N2Cc3ccccc3C2)cc(N2Cc3ccccc3C2)n1. The summed E-state index contributed by atoms with van der Waals surface area (Å²) in [5.41, 5.74) is 6.54. The van der Waals surface area contributed by atoms with Crippen molar-refractivity contribution in [2.45, 2.75) is 32.7 Å². The van der Waals surface area contributed by atoms with Crippen molar-refractivity contribution in [1.82, 2.24) is 15.3 Å². The number of nitrogens with one attached hydrogen (secondary N) is 2. The van der Waals surface area contributed by atoms with Crippen LogP contribution in [0.3, 0.4) is 0 Å². The second-order valence-electron chi connectivity index (χ2n) is 8.95. The van der Waals surface area contributed by atoms with E-state index in [0.717, 1.165) is 43.4 Å². The molecule has 6 nitrogen and oxygen atoms in total. The first-order chi connectivity index (χ1) is 17.2. The third-order valence-electron chi connectivity index (χ3n) is 6.55. The van der Waals surface area contributed by atoms with Crippen LogP contribution in [0.25, 0.3) is 0 Å². The minimum Gasteiger partial charge on any atom is -0.358 e. The van der Waals surface area contributed by atoms with Crippen molar-refractivity contribution in [2.24, 2.45) is 0 Å². The summed E-state index contributed by atoms with van der Waals surface area (Å²) in [7, 11) is 0. The highest BCUT2D eigenvalue weighted by Gasteiger charge is 2.25. The third-order valence-corrected chi connectivity index (χ3v) is 6.80. The van der Waals surface area contributed by atoms with Crippen LogP contribution in [0, 0.1) is 0 Å². The molecular weight excluding hydrogens is 452 g/mol. The zero-order valence-corrected chi connectivity index (χ0v) is 20.1. The van der Waals surface area contributed by atoms with Gasteiger partial charge in [0.25, 0.3) is 0 Å². The molecule has 0 unspecified atom stereocenters. The van der Waals surface area contributed by atoms with Crippen LogP contribution in [0.15, 0.2) is 84.9 Å². The van der Waals surface area contributed by atoms with Crippen LogP contribution in [-0.2, 0) is 32.7 Å². The molecule has 0 saturated carbocycles. The van der Waals surface area contributed by atoms with E-state index < -0.39 is 0 Å². The highest BCUT2D eigenvalue weighted by molar-refractivity contribution is 7.80. The first-order valence-electron chi connectivity index (χ1n) is 11.8. The molecule has 0 spiro atoms. The zero-order chi connectivity index (χ0) is 23.6. The van der Waals surface area contributed by atoms with Crippen LogP contribution in [0.2, 0.25) is 0 Å². The van der Waals surface area contributed by atoms with Crippen molar-refractivity contribution in [3.8, 4) is 0 Å². The van der Waals surface area contributed by atoms with Gasteiger partial charge in [-0.05, 0) is 40.0 Å². The summed E-state index contributed by atoms with van der Waals surface area (Å²) in [6, 6.07) is 29.4. The highest BCUT2D eigenvalue weighted by Crippen LogP contribution is 2.32. The summed E-state index contributed by atoms with van der Waals surface area (Å²) < 4.78 is 0. The maximum atomic E-state index is 5.58. The molecule has 1 aromatic heterocycles. The largest absolute Gasteiger partial charge is 0.358 e. The molecule has 0 radical (unpaired) electrons. The van der Waals surface area contributed by atoms with E-state index in [-0.39, 0.29) is 0 Å². The molecule has 0 atom stereocenters. The quantitative estimate of drug-likeness (QED) is 0.391. The van der Waals surface area contributed by atoms with Crippen molar-refractivity contribution in [3.05, 3.63) is 113 Å². The Morgan fingerprint density at radius 3 is 1.63 bits per heavy atom. The van der Waals surface area contributed by atoms with Crippen LogP contribution in [-0.4, -0.2) is 15.1 Å². The molecule has 0 saturated heterocycles. The molecule has 7 heteroatoms. The second kappa shape index (κ2) is 9.35. The summed E-state index contributed by atoms with van der Waals surface area (Å²) in [4.78, 5) is 14.3. The Labute approximate surface area is 210 Å². The smallest absolute Gasteiger partial charge is 0.232 e. The Morgan fingerprint density at radius 2 is 1.14 bits per heavy atom. The standard InChI is InChI=1S/C28H26N6S/c35-28(29-15-20-8-2-1-3-9-20)32-27-30-25(33-16-21-10-4-5-11-22(21)17-33)14-26(31-27)34-18-23-12-6-7-13-24(23)19-34/h1-14H,15-19H2,(H2,29,30,31,32,35). The lowest BCUT2D eigenvalue weighted by molar-refractivity contribution is 0.827. The van der Waals surface area contributed by atoms with E-state index in [1.807, 2.05) is 18.2 Å². The van der Waals surface area contributed by atoms with Crippen molar-refractivity contribution in [1.29, 1.82) is 0 Å². The predicted octanol–water partition coefficient (Wildman–Crippen LogP) is 5.00. The summed E-state index contributed by atoms with van der Waals surface area (Å²) >= 11 is 5.58. The molecule has 3 aromatic carbocycles. The molecule has 0 aliphatic carbocycles. The molecule has 35 heavy (non-hydrogen) atoms. The highest BCUT2D eigenvalue weighted by atomic mass is 32.1. The van der Waals surface area contributed by atoms with Gasteiger partial charge in [0.05, 0.1) is 0 Å². The number of fused-ring (bicyclic) bond motifs is 2. The second-order valence-corrected chi connectivity index (χ2v) is 9.36. The summed E-state index contributed by atoms with van der Waals surface area (Å²) in [6.45, 7) is 3.99. The first kappa shape index (κ1) is 21.6. The number of hydrogen-bond acceptors (Lipinski definition) is 5. The number of thiocarbonyl (C=S) groups is 1. The average Bonchev–Trinajstić information content (AvgIpc) is 3.52. The van der Waals surface area contributed by atoms with E-state index >= 15 is 0 Å². The fourth-order valence-corrected chi connectivity index (χ4v) is 4.88. The normalized spacial score (nSPS) is 13.9. The number of anilines is 3. The van der Waals surface area contributed by atoms with E-state index in [2.05, 4.69) is 87.2 Å². The maximum Gasteiger partial charge on any atom is 0.232 e. The van der Waals surface area contributed by atoms with E-state index in [9.17, 15) is 0 Å². The van der Waals surface area contributed by atoms with E-state index in [1.54, 1.807) is 0 Å². The lowest BCUT2D eigenvalue weighted by atomic mass is 10.1. The van der Waals surface area contributed by atoms with Crippen LogP contribution in [0.4, 0.5) is 17.6 Å². The van der Waals surface area contributed by atoms with E-state index in [0.29, 0.717) is 17.6 Å². The Hall–Kier alpha value is -3.97. The number of benzene rings is 3. The summed E-state index contributed by atoms with van der Waals surface area (Å²) in [6.07, 6.45) is 0. The van der Waals surface area contributed by atoms with Crippen molar-refractivity contribution in [2.75, 3.05) is 15.1 Å². The fourth-order valence-electron chi connectivity index (χ4n) is 4.72. The van der Waals surface area contributed by atoms with Gasteiger partial charge in [0, 0.05) is 38.8 Å². The number of nitrogens with zero attached hydrogens (tertiary/aromatic N) is 4. The molecule has 0 bridgehead atoms. The van der Waals surface area contributed by atoms with Gasteiger partial charge in [-0.25, -0.2) is 0 Å². The molecular formula is C28H26N6S. The lowest BCUT2D eigenvalue weighted by Crippen LogP contribution is -2.29. The van der Waals surface area contributed by atoms with Crippen molar-refractivity contribution >= 4 is 34.9 Å². The minimum atomic E-state index is 0.506. The van der Waals surface area contributed by atoms with Gasteiger partial charge in [0.1, 0.15) is 11.6 Å². The molecule has 174 valence electrons. The van der Waals surface area contributed by atoms with Crippen molar-refractivity contribution < 1.29 is 0 Å².